The number of rotatable bonds is 1. The summed E-state index contributed by atoms with van der Waals surface area (Å²) in [4.78, 5) is 0. The van der Waals surface area contributed by atoms with Crippen molar-refractivity contribution in [2.24, 2.45) is 0 Å². The molecule has 1 rings (SSSR count). The van der Waals surface area contributed by atoms with Crippen molar-refractivity contribution in [3.05, 3.63) is 33.8 Å². The SMILES string of the molecule is Cc1cc(Cl)cc(C)c1CC#N. The van der Waals surface area contributed by atoms with Crippen LogP contribution in [0.4, 0.5) is 0 Å². The molecule has 0 saturated heterocycles. The van der Waals surface area contributed by atoms with Gasteiger partial charge in [-0.05, 0) is 42.7 Å². The van der Waals surface area contributed by atoms with E-state index in [1.54, 1.807) is 0 Å². The number of halogens is 1. The van der Waals surface area contributed by atoms with Crippen LogP contribution in [-0.2, 0) is 6.42 Å². The summed E-state index contributed by atoms with van der Waals surface area (Å²) in [6, 6.07) is 5.92. The van der Waals surface area contributed by atoms with Crippen LogP contribution < -0.4 is 0 Å². The van der Waals surface area contributed by atoms with Crippen molar-refractivity contribution in [3.8, 4) is 6.07 Å². The monoisotopic (exact) mass is 179 g/mol. The van der Waals surface area contributed by atoms with Crippen molar-refractivity contribution in [1.82, 2.24) is 0 Å². The van der Waals surface area contributed by atoms with Gasteiger partial charge in [-0.25, -0.2) is 0 Å². The lowest BCUT2D eigenvalue weighted by Gasteiger charge is -2.05. The summed E-state index contributed by atoms with van der Waals surface area (Å²) in [6.07, 6.45) is 0.467. The van der Waals surface area contributed by atoms with E-state index in [1.807, 2.05) is 26.0 Å². The van der Waals surface area contributed by atoms with Crippen molar-refractivity contribution in [3.63, 3.8) is 0 Å². The summed E-state index contributed by atoms with van der Waals surface area (Å²) < 4.78 is 0. The van der Waals surface area contributed by atoms with Crippen LogP contribution in [0.25, 0.3) is 0 Å². The van der Waals surface area contributed by atoms with Gasteiger partial charge in [-0.2, -0.15) is 5.26 Å². The van der Waals surface area contributed by atoms with E-state index in [0.717, 1.165) is 21.7 Å². The van der Waals surface area contributed by atoms with Gasteiger partial charge in [0.25, 0.3) is 0 Å². The first-order valence-electron chi connectivity index (χ1n) is 3.77. The third-order valence-electron chi connectivity index (χ3n) is 1.92. The molecule has 0 atom stereocenters. The first-order chi connectivity index (χ1) is 5.65. The highest BCUT2D eigenvalue weighted by Crippen LogP contribution is 2.20. The molecule has 0 aromatic heterocycles. The number of hydrogen-bond acceptors (Lipinski definition) is 1. The molecule has 1 nitrogen and oxygen atoms in total. The van der Waals surface area contributed by atoms with Crippen LogP contribution in [0, 0.1) is 25.2 Å². The molecule has 0 N–H and O–H groups in total. The summed E-state index contributed by atoms with van der Waals surface area (Å²) in [5, 5.41) is 9.30. The van der Waals surface area contributed by atoms with E-state index in [9.17, 15) is 0 Å². The molecule has 0 spiro atoms. The molecule has 0 fully saturated rings. The second-order valence-electron chi connectivity index (χ2n) is 2.85. The van der Waals surface area contributed by atoms with Crippen LogP contribution in [0.3, 0.4) is 0 Å². The average molecular weight is 180 g/mol. The fraction of sp³-hybridized carbons (Fsp3) is 0.300. The fourth-order valence-electron chi connectivity index (χ4n) is 1.30. The minimum atomic E-state index is 0.467. The molecular weight excluding hydrogens is 170 g/mol. The molecule has 0 unspecified atom stereocenters. The minimum Gasteiger partial charge on any atom is -0.198 e. The van der Waals surface area contributed by atoms with Crippen molar-refractivity contribution >= 4 is 11.6 Å². The summed E-state index contributed by atoms with van der Waals surface area (Å²) in [6.45, 7) is 3.96. The Morgan fingerprint density at radius 3 is 2.25 bits per heavy atom. The average Bonchev–Trinajstić information content (AvgIpc) is 1.96. The largest absolute Gasteiger partial charge is 0.198 e. The van der Waals surface area contributed by atoms with Crippen molar-refractivity contribution < 1.29 is 0 Å². The molecule has 0 radical (unpaired) electrons. The van der Waals surface area contributed by atoms with Crippen LogP contribution in [0.2, 0.25) is 5.02 Å². The Morgan fingerprint density at radius 1 is 1.33 bits per heavy atom. The predicted molar refractivity (Wildman–Crippen MR) is 50.2 cm³/mol. The molecule has 2 heteroatoms. The highest BCUT2D eigenvalue weighted by molar-refractivity contribution is 6.30. The summed E-state index contributed by atoms with van der Waals surface area (Å²) in [7, 11) is 0. The minimum absolute atomic E-state index is 0.467. The van der Waals surface area contributed by atoms with Gasteiger partial charge >= 0.3 is 0 Å². The lowest BCUT2D eigenvalue weighted by molar-refractivity contribution is 1.17. The van der Waals surface area contributed by atoms with Crippen LogP contribution in [0.1, 0.15) is 16.7 Å². The molecule has 0 heterocycles. The van der Waals surface area contributed by atoms with Gasteiger partial charge in [-0.3, -0.25) is 0 Å². The summed E-state index contributed by atoms with van der Waals surface area (Å²) in [5.41, 5.74) is 3.30. The van der Waals surface area contributed by atoms with Gasteiger partial charge in [-0.15, -0.1) is 0 Å². The summed E-state index contributed by atoms with van der Waals surface area (Å²) in [5.74, 6) is 0. The van der Waals surface area contributed by atoms with Crippen molar-refractivity contribution in [2.45, 2.75) is 20.3 Å². The molecule has 12 heavy (non-hydrogen) atoms. The first-order valence-corrected chi connectivity index (χ1v) is 4.15. The van der Waals surface area contributed by atoms with Crippen molar-refractivity contribution in [2.75, 3.05) is 0 Å². The highest BCUT2D eigenvalue weighted by Gasteiger charge is 2.02. The normalized spacial score (nSPS) is 9.50. The number of nitrogens with zero attached hydrogens (tertiary/aromatic N) is 1. The highest BCUT2D eigenvalue weighted by atomic mass is 35.5. The van der Waals surface area contributed by atoms with E-state index >= 15 is 0 Å². The molecule has 0 amide bonds. The maximum atomic E-state index is 8.55. The fourth-order valence-corrected chi connectivity index (χ4v) is 1.63. The lowest BCUT2D eigenvalue weighted by atomic mass is 10.0. The van der Waals surface area contributed by atoms with Crippen LogP contribution in [-0.4, -0.2) is 0 Å². The Bertz CT molecular complexity index is 313. The van der Waals surface area contributed by atoms with Gasteiger partial charge < -0.3 is 0 Å². The van der Waals surface area contributed by atoms with Gasteiger partial charge in [0.05, 0.1) is 12.5 Å². The molecule has 0 aliphatic rings. The van der Waals surface area contributed by atoms with Gasteiger partial charge in [0.15, 0.2) is 0 Å². The molecule has 0 bridgehead atoms. The molecule has 0 aliphatic carbocycles. The molecule has 1 aromatic rings. The maximum Gasteiger partial charge on any atom is 0.0669 e. The Labute approximate surface area is 77.6 Å². The van der Waals surface area contributed by atoms with Gasteiger partial charge in [0, 0.05) is 5.02 Å². The summed E-state index contributed by atoms with van der Waals surface area (Å²) >= 11 is 5.84. The molecule has 0 aliphatic heterocycles. The smallest absolute Gasteiger partial charge is 0.0669 e. The third-order valence-corrected chi connectivity index (χ3v) is 2.13. The predicted octanol–water partition coefficient (Wildman–Crippen LogP) is 3.02. The van der Waals surface area contributed by atoms with E-state index in [1.165, 1.54) is 0 Å². The quantitative estimate of drug-likeness (QED) is 0.650. The molecule has 1 aromatic carbocycles. The van der Waals surface area contributed by atoms with Gasteiger partial charge in [0.1, 0.15) is 0 Å². The zero-order chi connectivity index (χ0) is 9.14. The number of aryl methyl sites for hydroxylation is 2. The zero-order valence-electron chi connectivity index (χ0n) is 7.19. The third kappa shape index (κ3) is 1.78. The van der Waals surface area contributed by atoms with Crippen LogP contribution in [0.15, 0.2) is 12.1 Å². The van der Waals surface area contributed by atoms with Gasteiger partial charge in [0.2, 0.25) is 0 Å². The van der Waals surface area contributed by atoms with Crippen LogP contribution >= 0.6 is 11.6 Å². The Hall–Kier alpha value is -1.00. The topological polar surface area (TPSA) is 23.8 Å². The second kappa shape index (κ2) is 3.60. The van der Waals surface area contributed by atoms with Gasteiger partial charge in [-0.1, -0.05) is 11.6 Å². The Morgan fingerprint density at radius 2 is 1.83 bits per heavy atom. The standard InChI is InChI=1S/C10H10ClN/c1-7-5-9(11)6-8(2)10(7)3-4-12/h5-6H,3H2,1-2H3. The van der Waals surface area contributed by atoms with Crippen LogP contribution in [0.5, 0.6) is 0 Å². The molecular formula is C10H10ClN. The zero-order valence-corrected chi connectivity index (χ0v) is 7.94. The number of benzene rings is 1. The number of nitriles is 1. The Kier molecular flexibility index (Phi) is 2.73. The molecule has 62 valence electrons. The maximum absolute atomic E-state index is 8.55. The second-order valence-corrected chi connectivity index (χ2v) is 3.29. The first kappa shape index (κ1) is 9.09. The lowest BCUT2D eigenvalue weighted by Crippen LogP contribution is -1.91. The van der Waals surface area contributed by atoms with E-state index in [0.29, 0.717) is 6.42 Å². The van der Waals surface area contributed by atoms with Crippen molar-refractivity contribution in [1.29, 1.82) is 5.26 Å². The number of hydrogen-bond donors (Lipinski definition) is 0. The molecule has 0 saturated carbocycles. The van der Waals surface area contributed by atoms with E-state index < -0.39 is 0 Å². The Balaban J connectivity index is 3.21. The van der Waals surface area contributed by atoms with E-state index in [-0.39, 0.29) is 0 Å². The van der Waals surface area contributed by atoms with E-state index in [4.69, 9.17) is 16.9 Å². The van der Waals surface area contributed by atoms with E-state index in [2.05, 4.69) is 6.07 Å².